The summed E-state index contributed by atoms with van der Waals surface area (Å²) in [4.78, 5) is 0. The highest BCUT2D eigenvalue weighted by molar-refractivity contribution is 6.18. The Labute approximate surface area is 81.9 Å². The van der Waals surface area contributed by atoms with E-state index in [0.29, 0.717) is 5.88 Å². The lowest BCUT2D eigenvalue weighted by Gasteiger charge is -2.28. The van der Waals surface area contributed by atoms with Gasteiger partial charge in [-0.1, -0.05) is 27.2 Å². The Bertz CT molecular complexity index is 110. The summed E-state index contributed by atoms with van der Waals surface area (Å²) in [5.41, 5.74) is 0.130. The van der Waals surface area contributed by atoms with Gasteiger partial charge in [0.05, 0.1) is 0 Å². The van der Waals surface area contributed by atoms with Crippen LogP contribution in [-0.2, 0) is 0 Å². The Hall–Kier alpha value is 0.250. The Morgan fingerprint density at radius 3 is 2.33 bits per heavy atom. The molecule has 0 amide bonds. The average Bonchev–Trinajstić information content (AvgIpc) is 2.13. The van der Waals surface area contributed by atoms with Gasteiger partial charge in [0.25, 0.3) is 0 Å². The third kappa shape index (κ3) is 4.32. The van der Waals surface area contributed by atoms with Crippen LogP contribution in [0.5, 0.6) is 0 Å². The highest BCUT2D eigenvalue weighted by Crippen LogP contribution is 2.12. The van der Waals surface area contributed by atoms with Crippen molar-refractivity contribution in [2.45, 2.75) is 46.1 Å². The number of nitrogens with one attached hydrogen (secondary N) is 1. The average molecular weight is 192 g/mol. The lowest BCUT2D eigenvalue weighted by molar-refractivity contribution is 0.347. The van der Waals surface area contributed by atoms with Gasteiger partial charge in [-0.2, -0.15) is 0 Å². The summed E-state index contributed by atoms with van der Waals surface area (Å²) in [6.45, 7) is 9.91. The molecule has 0 aromatic rings. The van der Waals surface area contributed by atoms with E-state index in [1.165, 1.54) is 6.42 Å². The van der Waals surface area contributed by atoms with Crippen LogP contribution in [0, 0.1) is 5.92 Å². The van der Waals surface area contributed by atoms with Crippen LogP contribution in [0.4, 0.5) is 0 Å². The first-order chi connectivity index (χ1) is 5.58. The van der Waals surface area contributed by atoms with Crippen molar-refractivity contribution < 1.29 is 0 Å². The van der Waals surface area contributed by atoms with Gasteiger partial charge in [0, 0.05) is 11.4 Å². The first kappa shape index (κ1) is 12.2. The number of rotatable bonds is 6. The molecule has 0 rings (SSSR count). The van der Waals surface area contributed by atoms with Gasteiger partial charge in [0.1, 0.15) is 0 Å². The van der Waals surface area contributed by atoms with E-state index in [1.54, 1.807) is 0 Å². The van der Waals surface area contributed by atoms with Gasteiger partial charge in [-0.25, -0.2) is 0 Å². The normalized spacial score (nSPS) is 18.8. The zero-order valence-corrected chi connectivity index (χ0v) is 9.54. The van der Waals surface area contributed by atoms with E-state index in [9.17, 15) is 0 Å². The molecule has 0 aromatic heterocycles. The molecular weight excluding hydrogens is 170 g/mol. The summed E-state index contributed by atoms with van der Waals surface area (Å²) in [6, 6.07) is 0. The topological polar surface area (TPSA) is 12.0 Å². The smallest absolute Gasteiger partial charge is 0.0403 e. The zero-order valence-electron chi connectivity index (χ0n) is 8.78. The van der Waals surface area contributed by atoms with Crippen LogP contribution in [0.25, 0.3) is 0 Å². The van der Waals surface area contributed by atoms with Crippen LogP contribution in [0.3, 0.4) is 0 Å². The minimum atomic E-state index is 0.130. The molecule has 0 aromatic carbocycles. The van der Waals surface area contributed by atoms with E-state index in [4.69, 9.17) is 11.6 Å². The quantitative estimate of drug-likeness (QED) is 0.637. The van der Waals surface area contributed by atoms with E-state index < -0.39 is 0 Å². The van der Waals surface area contributed by atoms with E-state index in [2.05, 4.69) is 33.0 Å². The predicted octanol–water partition coefficient (Wildman–Crippen LogP) is 3.03. The summed E-state index contributed by atoms with van der Waals surface area (Å²) in [5, 5.41) is 3.51. The molecule has 0 spiro atoms. The maximum atomic E-state index is 5.87. The van der Waals surface area contributed by atoms with Gasteiger partial charge < -0.3 is 5.32 Å². The Morgan fingerprint density at radius 1 is 1.42 bits per heavy atom. The molecule has 0 aliphatic rings. The Morgan fingerprint density at radius 2 is 2.00 bits per heavy atom. The molecule has 1 nitrogen and oxygen atoms in total. The maximum absolute atomic E-state index is 5.87. The first-order valence-corrected chi connectivity index (χ1v) is 5.42. The number of alkyl halides is 1. The molecule has 2 heteroatoms. The van der Waals surface area contributed by atoms with E-state index in [1.807, 2.05) is 0 Å². The zero-order chi connectivity index (χ0) is 9.61. The molecule has 0 saturated heterocycles. The second-order valence-corrected chi connectivity index (χ2v) is 4.21. The molecule has 0 fully saturated rings. The van der Waals surface area contributed by atoms with Crippen molar-refractivity contribution in [3.05, 3.63) is 0 Å². The Balaban J connectivity index is 3.72. The van der Waals surface area contributed by atoms with Crippen molar-refractivity contribution in [3.8, 4) is 0 Å². The van der Waals surface area contributed by atoms with Gasteiger partial charge in [-0.05, 0) is 25.8 Å². The molecule has 2 atom stereocenters. The minimum Gasteiger partial charge on any atom is -0.310 e. The standard InChI is InChI=1S/C10H22ClN/c1-5-9(3)7-12-10(4,6-2)8-11/h9,12H,5-8H2,1-4H3. The summed E-state index contributed by atoms with van der Waals surface area (Å²) in [7, 11) is 0. The first-order valence-electron chi connectivity index (χ1n) is 4.89. The van der Waals surface area contributed by atoms with Crippen LogP contribution in [0.15, 0.2) is 0 Å². The summed E-state index contributed by atoms with van der Waals surface area (Å²) < 4.78 is 0. The molecule has 2 unspecified atom stereocenters. The van der Waals surface area contributed by atoms with Crippen LogP contribution in [0.1, 0.15) is 40.5 Å². The summed E-state index contributed by atoms with van der Waals surface area (Å²) in [6.07, 6.45) is 2.32. The number of hydrogen-bond acceptors (Lipinski definition) is 1. The maximum Gasteiger partial charge on any atom is 0.0403 e. The van der Waals surface area contributed by atoms with Crippen molar-refractivity contribution >= 4 is 11.6 Å². The molecule has 74 valence electrons. The summed E-state index contributed by atoms with van der Waals surface area (Å²) >= 11 is 5.87. The van der Waals surface area contributed by atoms with E-state index >= 15 is 0 Å². The monoisotopic (exact) mass is 191 g/mol. The van der Waals surface area contributed by atoms with E-state index in [-0.39, 0.29) is 5.54 Å². The van der Waals surface area contributed by atoms with Gasteiger partial charge in [-0.15, -0.1) is 11.6 Å². The van der Waals surface area contributed by atoms with E-state index in [0.717, 1.165) is 18.9 Å². The van der Waals surface area contributed by atoms with Crippen molar-refractivity contribution in [1.29, 1.82) is 0 Å². The fourth-order valence-corrected chi connectivity index (χ4v) is 1.12. The second kappa shape index (κ2) is 5.82. The fourth-order valence-electron chi connectivity index (χ4n) is 0.832. The lowest BCUT2D eigenvalue weighted by atomic mass is 10.00. The molecule has 0 saturated carbocycles. The third-order valence-electron chi connectivity index (χ3n) is 2.65. The van der Waals surface area contributed by atoms with Crippen LogP contribution in [-0.4, -0.2) is 18.0 Å². The fraction of sp³-hybridized carbons (Fsp3) is 1.00. The molecule has 0 aliphatic heterocycles. The number of halogens is 1. The molecule has 0 bridgehead atoms. The molecule has 0 aliphatic carbocycles. The highest BCUT2D eigenvalue weighted by Gasteiger charge is 2.19. The SMILES string of the molecule is CCC(C)CNC(C)(CC)CCl. The van der Waals surface area contributed by atoms with Gasteiger partial charge >= 0.3 is 0 Å². The van der Waals surface area contributed by atoms with Crippen molar-refractivity contribution in [1.82, 2.24) is 5.32 Å². The van der Waals surface area contributed by atoms with Gasteiger partial charge in [0.15, 0.2) is 0 Å². The Kier molecular flexibility index (Phi) is 5.94. The lowest BCUT2D eigenvalue weighted by Crippen LogP contribution is -2.45. The molecule has 0 heterocycles. The van der Waals surface area contributed by atoms with Crippen molar-refractivity contribution in [3.63, 3.8) is 0 Å². The summed E-state index contributed by atoms with van der Waals surface area (Å²) in [5.74, 6) is 1.44. The van der Waals surface area contributed by atoms with Crippen molar-refractivity contribution in [2.75, 3.05) is 12.4 Å². The number of hydrogen-bond donors (Lipinski definition) is 1. The molecule has 1 N–H and O–H groups in total. The largest absolute Gasteiger partial charge is 0.310 e. The third-order valence-corrected chi connectivity index (χ3v) is 3.24. The van der Waals surface area contributed by atoms with Crippen LogP contribution in [0.2, 0.25) is 0 Å². The predicted molar refractivity (Wildman–Crippen MR) is 56.9 cm³/mol. The molecule has 0 radical (unpaired) electrons. The molecular formula is C10H22ClN. The highest BCUT2D eigenvalue weighted by atomic mass is 35.5. The minimum absolute atomic E-state index is 0.130. The van der Waals surface area contributed by atoms with Gasteiger partial charge in [0.2, 0.25) is 0 Å². The second-order valence-electron chi connectivity index (χ2n) is 3.94. The van der Waals surface area contributed by atoms with Crippen LogP contribution >= 0.6 is 11.6 Å². The van der Waals surface area contributed by atoms with Crippen LogP contribution < -0.4 is 5.32 Å². The molecule has 12 heavy (non-hydrogen) atoms. The van der Waals surface area contributed by atoms with Gasteiger partial charge in [-0.3, -0.25) is 0 Å². The van der Waals surface area contributed by atoms with Crippen molar-refractivity contribution in [2.24, 2.45) is 5.92 Å².